The summed E-state index contributed by atoms with van der Waals surface area (Å²) < 4.78 is 5.25. The molecule has 0 spiro atoms. The zero-order chi connectivity index (χ0) is 18.9. The van der Waals surface area contributed by atoms with E-state index in [-0.39, 0.29) is 12.4 Å². The van der Waals surface area contributed by atoms with E-state index in [0.717, 1.165) is 18.8 Å². The Balaban J connectivity index is 0.00000280. The van der Waals surface area contributed by atoms with Gasteiger partial charge in [-0.1, -0.05) is 55.8 Å². The van der Waals surface area contributed by atoms with Crippen LogP contribution in [-0.4, -0.2) is 38.2 Å². The molecule has 2 aromatic carbocycles. The van der Waals surface area contributed by atoms with E-state index in [2.05, 4.69) is 59.6 Å². The van der Waals surface area contributed by atoms with E-state index in [4.69, 9.17) is 4.74 Å². The summed E-state index contributed by atoms with van der Waals surface area (Å²) in [5.74, 6) is 2.24. The average molecular weight is 403 g/mol. The summed E-state index contributed by atoms with van der Waals surface area (Å²) in [6, 6.07) is 19.5. The number of likely N-dealkylation sites (tertiary alicyclic amines) is 1. The summed E-state index contributed by atoms with van der Waals surface area (Å²) in [5.41, 5.74) is 2.81. The SMILES string of the molecule is CCCCN1CC[C@H](c2ccccc2)[C@@H](CNCc2ccc(OC)cc2)C1.Cl. The lowest BCUT2D eigenvalue weighted by atomic mass is 9.80. The summed E-state index contributed by atoms with van der Waals surface area (Å²) >= 11 is 0. The van der Waals surface area contributed by atoms with Gasteiger partial charge in [-0.2, -0.15) is 0 Å². The van der Waals surface area contributed by atoms with Crippen molar-refractivity contribution in [3.05, 3.63) is 65.7 Å². The lowest BCUT2D eigenvalue weighted by molar-refractivity contribution is 0.149. The van der Waals surface area contributed by atoms with Gasteiger partial charge in [0.05, 0.1) is 7.11 Å². The van der Waals surface area contributed by atoms with Gasteiger partial charge in [-0.05, 0) is 61.0 Å². The first-order valence-electron chi connectivity index (χ1n) is 10.4. The predicted molar refractivity (Wildman–Crippen MR) is 121 cm³/mol. The van der Waals surface area contributed by atoms with Crippen LogP contribution in [-0.2, 0) is 6.54 Å². The lowest BCUT2D eigenvalue weighted by Crippen LogP contribution is -2.43. The Kier molecular flexibility index (Phi) is 9.83. The maximum Gasteiger partial charge on any atom is 0.118 e. The van der Waals surface area contributed by atoms with Gasteiger partial charge in [-0.15, -0.1) is 12.4 Å². The number of halogens is 1. The number of methoxy groups -OCH3 is 1. The number of ether oxygens (including phenoxy) is 1. The first-order chi connectivity index (χ1) is 13.3. The molecule has 2 atom stereocenters. The van der Waals surface area contributed by atoms with E-state index in [1.165, 1.54) is 50.0 Å². The van der Waals surface area contributed by atoms with Gasteiger partial charge in [-0.3, -0.25) is 0 Å². The van der Waals surface area contributed by atoms with Gasteiger partial charge in [-0.25, -0.2) is 0 Å². The topological polar surface area (TPSA) is 24.5 Å². The van der Waals surface area contributed by atoms with Crippen molar-refractivity contribution in [3.63, 3.8) is 0 Å². The van der Waals surface area contributed by atoms with Crippen LogP contribution in [0.1, 0.15) is 43.2 Å². The van der Waals surface area contributed by atoms with Gasteiger partial charge in [0.2, 0.25) is 0 Å². The first kappa shape index (κ1) is 22.7. The van der Waals surface area contributed by atoms with Crippen molar-refractivity contribution in [2.24, 2.45) is 5.92 Å². The monoisotopic (exact) mass is 402 g/mol. The van der Waals surface area contributed by atoms with Crippen LogP contribution in [0.3, 0.4) is 0 Å². The number of hydrogen-bond acceptors (Lipinski definition) is 3. The lowest BCUT2D eigenvalue weighted by Gasteiger charge is -2.39. The summed E-state index contributed by atoms with van der Waals surface area (Å²) in [6.07, 6.45) is 3.85. The number of nitrogens with one attached hydrogen (secondary N) is 1. The maximum atomic E-state index is 5.25. The predicted octanol–water partition coefficient (Wildman–Crippen LogP) is 5.11. The fraction of sp³-hybridized carbons (Fsp3) is 0.500. The maximum absolute atomic E-state index is 5.25. The van der Waals surface area contributed by atoms with Crippen LogP contribution in [0, 0.1) is 5.92 Å². The quantitative estimate of drug-likeness (QED) is 0.630. The Hall–Kier alpha value is -1.55. The number of rotatable bonds is 9. The largest absolute Gasteiger partial charge is 0.497 e. The minimum absolute atomic E-state index is 0. The van der Waals surface area contributed by atoms with Crippen LogP contribution in [0.5, 0.6) is 5.75 Å². The molecule has 0 unspecified atom stereocenters. The molecule has 2 aromatic rings. The van der Waals surface area contributed by atoms with Gasteiger partial charge in [0, 0.05) is 19.6 Å². The summed E-state index contributed by atoms with van der Waals surface area (Å²) in [4.78, 5) is 2.67. The molecule has 0 saturated carbocycles. The molecule has 154 valence electrons. The van der Waals surface area contributed by atoms with Crippen molar-refractivity contribution in [1.29, 1.82) is 0 Å². The Morgan fingerprint density at radius 1 is 1.07 bits per heavy atom. The van der Waals surface area contributed by atoms with Crippen LogP contribution in [0.25, 0.3) is 0 Å². The van der Waals surface area contributed by atoms with Crippen molar-refractivity contribution in [2.45, 2.75) is 38.6 Å². The van der Waals surface area contributed by atoms with Crippen molar-refractivity contribution < 1.29 is 4.74 Å². The molecule has 0 aromatic heterocycles. The molecule has 0 aliphatic carbocycles. The molecule has 3 rings (SSSR count). The fourth-order valence-corrected chi connectivity index (χ4v) is 4.18. The molecular formula is C24H35ClN2O. The Labute approximate surface area is 176 Å². The number of piperidine rings is 1. The fourth-order valence-electron chi connectivity index (χ4n) is 4.18. The Morgan fingerprint density at radius 3 is 2.50 bits per heavy atom. The highest BCUT2D eigenvalue weighted by molar-refractivity contribution is 5.85. The highest BCUT2D eigenvalue weighted by atomic mass is 35.5. The Bertz CT molecular complexity index is 662. The smallest absolute Gasteiger partial charge is 0.118 e. The van der Waals surface area contributed by atoms with Crippen LogP contribution in [0.15, 0.2) is 54.6 Å². The van der Waals surface area contributed by atoms with E-state index in [9.17, 15) is 0 Å². The molecule has 1 saturated heterocycles. The van der Waals surface area contributed by atoms with Gasteiger partial charge in [0.25, 0.3) is 0 Å². The van der Waals surface area contributed by atoms with Crippen molar-refractivity contribution in [2.75, 3.05) is 33.3 Å². The number of unbranched alkanes of at least 4 members (excludes halogenated alkanes) is 1. The van der Waals surface area contributed by atoms with Gasteiger partial charge < -0.3 is 15.0 Å². The van der Waals surface area contributed by atoms with Crippen LogP contribution < -0.4 is 10.1 Å². The van der Waals surface area contributed by atoms with Gasteiger partial charge in [0.1, 0.15) is 5.75 Å². The molecule has 0 amide bonds. The van der Waals surface area contributed by atoms with E-state index >= 15 is 0 Å². The standard InChI is InChI=1S/C24H34N2O.ClH/c1-3-4-15-26-16-14-24(21-8-6-5-7-9-21)22(19-26)18-25-17-20-10-12-23(27-2)13-11-20;/h5-13,22,24-25H,3-4,14-19H2,1-2H3;1H/t22-,24+;/m0./s1. The zero-order valence-electron chi connectivity index (χ0n) is 17.3. The molecule has 1 aliphatic rings. The van der Waals surface area contributed by atoms with E-state index in [1.54, 1.807) is 7.11 Å². The molecule has 3 nitrogen and oxygen atoms in total. The highest BCUT2D eigenvalue weighted by Gasteiger charge is 2.29. The Morgan fingerprint density at radius 2 is 1.82 bits per heavy atom. The number of hydrogen-bond donors (Lipinski definition) is 1. The van der Waals surface area contributed by atoms with Gasteiger partial charge in [0.15, 0.2) is 0 Å². The second-order valence-electron chi connectivity index (χ2n) is 7.70. The minimum atomic E-state index is 0. The minimum Gasteiger partial charge on any atom is -0.497 e. The summed E-state index contributed by atoms with van der Waals surface area (Å²) in [5, 5.41) is 3.72. The number of benzene rings is 2. The third kappa shape index (κ3) is 6.51. The molecule has 28 heavy (non-hydrogen) atoms. The average Bonchev–Trinajstić information content (AvgIpc) is 2.73. The second kappa shape index (κ2) is 12.1. The molecule has 0 radical (unpaired) electrons. The van der Waals surface area contributed by atoms with Crippen molar-refractivity contribution in [3.8, 4) is 5.75 Å². The number of nitrogens with zero attached hydrogens (tertiary/aromatic N) is 1. The first-order valence-corrected chi connectivity index (χ1v) is 10.4. The summed E-state index contributed by atoms with van der Waals surface area (Å²) in [6.45, 7) is 7.94. The van der Waals surface area contributed by atoms with Crippen LogP contribution >= 0.6 is 12.4 Å². The second-order valence-corrected chi connectivity index (χ2v) is 7.70. The third-order valence-electron chi connectivity index (χ3n) is 5.77. The molecule has 1 N–H and O–H groups in total. The highest BCUT2D eigenvalue weighted by Crippen LogP contribution is 2.32. The molecule has 0 bridgehead atoms. The normalized spacial score (nSPS) is 19.8. The van der Waals surface area contributed by atoms with Crippen molar-refractivity contribution >= 4 is 12.4 Å². The molecule has 1 heterocycles. The molecule has 1 fully saturated rings. The third-order valence-corrected chi connectivity index (χ3v) is 5.77. The summed E-state index contributed by atoms with van der Waals surface area (Å²) in [7, 11) is 1.71. The van der Waals surface area contributed by atoms with E-state index in [1.807, 2.05) is 12.1 Å². The molecule has 1 aliphatic heterocycles. The van der Waals surface area contributed by atoms with Crippen LogP contribution in [0.2, 0.25) is 0 Å². The van der Waals surface area contributed by atoms with Crippen molar-refractivity contribution in [1.82, 2.24) is 10.2 Å². The van der Waals surface area contributed by atoms with Gasteiger partial charge >= 0.3 is 0 Å². The van der Waals surface area contributed by atoms with E-state index < -0.39 is 0 Å². The van der Waals surface area contributed by atoms with E-state index in [0.29, 0.717) is 11.8 Å². The van der Waals surface area contributed by atoms with Crippen LogP contribution in [0.4, 0.5) is 0 Å². The molecular weight excluding hydrogens is 368 g/mol. The zero-order valence-corrected chi connectivity index (χ0v) is 18.1. The molecule has 4 heteroatoms.